The van der Waals surface area contributed by atoms with Crippen molar-refractivity contribution in [1.29, 1.82) is 0 Å². The first-order valence-electron chi connectivity index (χ1n) is 3.10. The third kappa shape index (κ3) is 1.70. The smallest absolute Gasteiger partial charge is 0.310 e. The van der Waals surface area contributed by atoms with E-state index in [1.165, 1.54) is 6.07 Å². The molecule has 0 unspecified atom stereocenters. The van der Waals surface area contributed by atoms with E-state index in [1.807, 2.05) is 0 Å². The van der Waals surface area contributed by atoms with Crippen LogP contribution in [0, 0.1) is 10.1 Å². The lowest BCUT2D eigenvalue weighted by Crippen LogP contribution is -1.98. The van der Waals surface area contributed by atoms with Gasteiger partial charge in [-0.15, -0.1) is 0 Å². The Balaban J connectivity index is 3.12. The van der Waals surface area contributed by atoms with Crippen LogP contribution >= 0.6 is 15.9 Å². The fourth-order valence-corrected chi connectivity index (χ4v) is 1.04. The van der Waals surface area contributed by atoms with Crippen molar-refractivity contribution in [1.82, 2.24) is 4.98 Å². The molecular weight excluding hydrogens is 226 g/mol. The maximum absolute atomic E-state index is 10.3. The monoisotopic (exact) mass is 231 g/mol. The molecule has 0 aliphatic heterocycles. The fourth-order valence-electron chi connectivity index (χ4n) is 0.735. The third-order valence-corrected chi connectivity index (χ3v) is 1.88. The topological polar surface area (TPSA) is 82.0 Å². The van der Waals surface area contributed by atoms with Crippen molar-refractivity contribution in [2.24, 2.45) is 0 Å². The predicted octanol–water partition coefficient (Wildman–Crippen LogP) is 1.47. The van der Waals surface area contributed by atoms with Crippen LogP contribution in [-0.2, 0) is 5.33 Å². The highest BCUT2D eigenvalue weighted by Crippen LogP contribution is 2.20. The Morgan fingerprint density at radius 1 is 1.75 bits per heavy atom. The lowest BCUT2D eigenvalue weighted by molar-refractivity contribution is -0.384. The summed E-state index contributed by atoms with van der Waals surface area (Å²) < 4.78 is 0. The van der Waals surface area contributed by atoms with Gasteiger partial charge >= 0.3 is 5.69 Å². The van der Waals surface area contributed by atoms with Crippen LogP contribution in [-0.4, -0.2) is 9.91 Å². The second-order valence-electron chi connectivity index (χ2n) is 2.13. The van der Waals surface area contributed by atoms with Gasteiger partial charge in [0.15, 0.2) is 0 Å². The molecule has 0 radical (unpaired) electrons. The van der Waals surface area contributed by atoms with Crippen molar-refractivity contribution in [2.45, 2.75) is 5.33 Å². The van der Waals surface area contributed by atoms with Gasteiger partial charge in [-0.05, 0) is 6.07 Å². The van der Waals surface area contributed by atoms with E-state index < -0.39 is 4.92 Å². The maximum atomic E-state index is 10.3. The molecule has 0 bridgehead atoms. The summed E-state index contributed by atoms with van der Waals surface area (Å²) >= 11 is 3.17. The molecule has 0 aromatic carbocycles. The number of rotatable bonds is 2. The standard InChI is InChI=1S/C6H6BrN3O2/c7-2-4-1-5(8)6(3-9-4)10(11)12/h1,3H,2H2,(H2,8,9). The molecule has 1 heterocycles. The number of halogens is 1. The summed E-state index contributed by atoms with van der Waals surface area (Å²) in [5, 5.41) is 10.8. The molecule has 64 valence electrons. The molecule has 0 saturated heterocycles. The van der Waals surface area contributed by atoms with Crippen LogP contribution in [0.2, 0.25) is 0 Å². The molecule has 0 fully saturated rings. The summed E-state index contributed by atoms with van der Waals surface area (Å²) in [5.74, 6) is 0. The van der Waals surface area contributed by atoms with E-state index in [4.69, 9.17) is 5.73 Å². The minimum Gasteiger partial charge on any atom is -0.393 e. The number of nitrogens with two attached hydrogens (primary N) is 1. The molecule has 0 spiro atoms. The number of anilines is 1. The van der Waals surface area contributed by atoms with Crippen molar-refractivity contribution >= 4 is 27.3 Å². The lowest BCUT2D eigenvalue weighted by atomic mass is 10.3. The number of hydrogen-bond acceptors (Lipinski definition) is 4. The number of nitrogen functional groups attached to an aromatic ring is 1. The van der Waals surface area contributed by atoms with Crippen LogP contribution in [0.3, 0.4) is 0 Å². The van der Waals surface area contributed by atoms with E-state index in [0.717, 1.165) is 6.20 Å². The van der Waals surface area contributed by atoms with E-state index in [2.05, 4.69) is 20.9 Å². The van der Waals surface area contributed by atoms with Gasteiger partial charge in [0.05, 0.1) is 10.6 Å². The summed E-state index contributed by atoms with van der Waals surface area (Å²) in [5.41, 5.74) is 6.06. The van der Waals surface area contributed by atoms with Crippen LogP contribution in [0.25, 0.3) is 0 Å². The minimum absolute atomic E-state index is 0.143. The van der Waals surface area contributed by atoms with Gasteiger partial charge in [0.2, 0.25) is 0 Å². The average molecular weight is 232 g/mol. The third-order valence-electron chi connectivity index (χ3n) is 1.30. The number of nitro groups is 1. The van der Waals surface area contributed by atoms with Crippen LogP contribution in [0.15, 0.2) is 12.3 Å². The van der Waals surface area contributed by atoms with Gasteiger partial charge in [-0.25, -0.2) is 0 Å². The molecule has 1 aromatic heterocycles. The molecule has 0 atom stereocenters. The SMILES string of the molecule is Nc1cc(CBr)ncc1[N+](=O)[O-]. The number of aromatic nitrogens is 1. The van der Waals surface area contributed by atoms with Crippen molar-refractivity contribution in [2.75, 3.05) is 5.73 Å². The highest BCUT2D eigenvalue weighted by Gasteiger charge is 2.11. The lowest BCUT2D eigenvalue weighted by Gasteiger charge is -1.97. The summed E-state index contributed by atoms with van der Waals surface area (Å²) in [7, 11) is 0. The Labute approximate surface area is 76.9 Å². The molecule has 0 aliphatic carbocycles. The van der Waals surface area contributed by atoms with Gasteiger partial charge in [0, 0.05) is 5.33 Å². The zero-order valence-corrected chi connectivity index (χ0v) is 7.61. The second-order valence-corrected chi connectivity index (χ2v) is 2.69. The Hall–Kier alpha value is -1.17. The van der Waals surface area contributed by atoms with E-state index in [-0.39, 0.29) is 11.4 Å². The average Bonchev–Trinajstić information content (AvgIpc) is 2.03. The molecule has 12 heavy (non-hydrogen) atoms. The van der Waals surface area contributed by atoms with Crippen LogP contribution in [0.1, 0.15) is 5.69 Å². The van der Waals surface area contributed by atoms with Crippen molar-refractivity contribution < 1.29 is 4.92 Å². The van der Waals surface area contributed by atoms with E-state index in [1.54, 1.807) is 0 Å². The Bertz CT molecular complexity index is 316. The Morgan fingerprint density at radius 2 is 2.42 bits per heavy atom. The van der Waals surface area contributed by atoms with Crippen LogP contribution in [0.5, 0.6) is 0 Å². The zero-order chi connectivity index (χ0) is 9.14. The number of pyridine rings is 1. The van der Waals surface area contributed by atoms with Crippen molar-refractivity contribution in [3.8, 4) is 0 Å². The van der Waals surface area contributed by atoms with E-state index >= 15 is 0 Å². The Morgan fingerprint density at radius 3 is 2.83 bits per heavy atom. The molecule has 1 rings (SSSR count). The molecular formula is C6H6BrN3O2. The molecule has 5 nitrogen and oxygen atoms in total. The number of hydrogen-bond donors (Lipinski definition) is 1. The molecule has 6 heteroatoms. The van der Waals surface area contributed by atoms with Gasteiger partial charge in [-0.2, -0.15) is 0 Å². The number of alkyl halides is 1. The van der Waals surface area contributed by atoms with Gasteiger partial charge in [0.1, 0.15) is 11.9 Å². The quantitative estimate of drug-likeness (QED) is 0.475. The van der Waals surface area contributed by atoms with Gasteiger partial charge < -0.3 is 5.73 Å². The largest absolute Gasteiger partial charge is 0.393 e. The number of nitrogens with zero attached hydrogens (tertiary/aromatic N) is 2. The molecule has 0 saturated carbocycles. The van der Waals surface area contributed by atoms with Gasteiger partial charge in [-0.1, -0.05) is 15.9 Å². The van der Waals surface area contributed by atoms with Crippen LogP contribution in [0.4, 0.5) is 11.4 Å². The summed E-state index contributed by atoms with van der Waals surface area (Å²) in [6.45, 7) is 0. The molecule has 2 N–H and O–H groups in total. The van der Waals surface area contributed by atoms with E-state index in [0.29, 0.717) is 11.0 Å². The van der Waals surface area contributed by atoms with Crippen molar-refractivity contribution in [3.05, 3.63) is 28.1 Å². The molecule has 0 amide bonds. The van der Waals surface area contributed by atoms with Gasteiger partial charge in [0.25, 0.3) is 0 Å². The van der Waals surface area contributed by atoms with Crippen molar-refractivity contribution in [3.63, 3.8) is 0 Å². The normalized spacial score (nSPS) is 9.75. The highest BCUT2D eigenvalue weighted by atomic mass is 79.9. The summed E-state index contributed by atoms with van der Waals surface area (Å²) in [6.07, 6.45) is 1.16. The highest BCUT2D eigenvalue weighted by molar-refractivity contribution is 9.08. The summed E-state index contributed by atoms with van der Waals surface area (Å²) in [4.78, 5) is 13.6. The van der Waals surface area contributed by atoms with Crippen LogP contribution < -0.4 is 5.73 Å². The predicted molar refractivity (Wildman–Crippen MR) is 47.9 cm³/mol. The minimum atomic E-state index is -0.555. The first-order chi connectivity index (χ1) is 5.65. The van der Waals surface area contributed by atoms with E-state index in [9.17, 15) is 10.1 Å². The zero-order valence-electron chi connectivity index (χ0n) is 6.03. The molecule has 0 aliphatic rings. The molecule has 1 aromatic rings. The first-order valence-corrected chi connectivity index (χ1v) is 4.22. The Kier molecular flexibility index (Phi) is 2.59. The summed E-state index contributed by atoms with van der Waals surface area (Å²) in [6, 6.07) is 1.48. The fraction of sp³-hybridized carbons (Fsp3) is 0.167. The maximum Gasteiger partial charge on any atom is 0.310 e. The second kappa shape index (κ2) is 3.48. The first kappa shape index (κ1) is 8.92. The van der Waals surface area contributed by atoms with Gasteiger partial charge in [-0.3, -0.25) is 15.1 Å².